The number of benzene rings is 4. The number of ether oxygens (including phenoxy) is 2. The van der Waals surface area contributed by atoms with Crippen molar-refractivity contribution in [1.82, 2.24) is 10.2 Å². The molecule has 0 fully saturated rings. The van der Waals surface area contributed by atoms with Crippen LogP contribution in [-0.2, 0) is 9.68 Å². The SMILES string of the molecule is COc1ccc([C@H](C)N)cc1.COc1ccc([C@H](C)N2C(=O)c3ccccc3C2=O)cc1.O=C1NC(=O)c2ccccc21.O=CO[O-].[H-].[K+].[K+]. The molecule has 0 aliphatic carbocycles. The molecule has 2 atom stereocenters. The van der Waals surface area contributed by atoms with Crippen LogP contribution in [0.3, 0.4) is 0 Å². The van der Waals surface area contributed by atoms with E-state index in [1.165, 1.54) is 4.90 Å². The van der Waals surface area contributed by atoms with Crippen LogP contribution < -0.4 is 129 Å². The zero-order valence-corrected chi connectivity index (χ0v) is 34.4. The molecule has 2 heterocycles. The Kier molecular flexibility index (Phi) is 20.2. The Bertz CT molecular complexity index is 1660. The second kappa shape index (κ2) is 22.3. The third-order valence-electron chi connectivity index (χ3n) is 7.14. The summed E-state index contributed by atoms with van der Waals surface area (Å²) in [5.74, 6) is 0.539. The van der Waals surface area contributed by atoms with E-state index in [1.54, 1.807) is 62.8 Å². The first kappa shape index (κ1) is 44.4. The molecule has 14 heteroatoms. The van der Waals surface area contributed by atoms with E-state index in [1.807, 2.05) is 62.4 Å². The molecule has 4 amide bonds. The molecule has 6 rings (SSSR count). The van der Waals surface area contributed by atoms with E-state index in [4.69, 9.17) is 25.3 Å². The van der Waals surface area contributed by atoms with Gasteiger partial charge in [-0.1, -0.05) is 48.5 Å². The van der Waals surface area contributed by atoms with Crippen LogP contribution >= 0.6 is 0 Å². The molecule has 0 spiro atoms. The first-order valence-electron chi connectivity index (χ1n) is 14.2. The van der Waals surface area contributed by atoms with Crippen molar-refractivity contribution < 1.29 is 148 Å². The minimum atomic E-state index is -0.316. The van der Waals surface area contributed by atoms with Crippen LogP contribution in [-0.4, -0.2) is 49.2 Å². The topological polar surface area (TPSA) is 177 Å². The molecule has 0 saturated heterocycles. The summed E-state index contributed by atoms with van der Waals surface area (Å²) in [4.78, 5) is 59.3. The van der Waals surface area contributed by atoms with Crippen LogP contribution in [0.2, 0.25) is 0 Å². The number of nitrogens with zero attached hydrogens (tertiary/aromatic N) is 1. The monoisotopic (exact) mass is 719 g/mol. The van der Waals surface area contributed by atoms with Crippen molar-refractivity contribution in [3.05, 3.63) is 130 Å². The average molecular weight is 720 g/mol. The first-order chi connectivity index (χ1) is 22.6. The van der Waals surface area contributed by atoms with Crippen molar-refractivity contribution in [1.29, 1.82) is 0 Å². The maximum atomic E-state index is 12.4. The molecule has 2 aliphatic rings. The van der Waals surface area contributed by atoms with Crippen LogP contribution in [0.1, 0.15) is 79.9 Å². The molecule has 0 unspecified atom stereocenters. The molecule has 12 nitrogen and oxygen atoms in total. The van der Waals surface area contributed by atoms with Crippen LogP contribution in [0.4, 0.5) is 0 Å². The number of carbonyl (C=O) groups excluding carboxylic acids is 5. The number of amides is 4. The van der Waals surface area contributed by atoms with E-state index in [2.05, 4.69) is 10.2 Å². The van der Waals surface area contributed by atoms with E-state index in [0.29, 0.717) is 22.3 Å². The maximum absolute atomic E-state index is 12.4. The molecule has 4 aromatic carbocycles. The molecule has 0 radical (unpaired) electrons. The predicted molar refractivity (Wildman–Crippen MR) is 170 cm³/mol. The van der Waals surface area contributed by atoms with Crippen molar-refractivity contribution in [2.45, 2.75) is 25.9 Å². The van der Waals surface area contributed by atoms with Gasteiger partial charge in [-0.25, -0.2) is 0 Å². The zero-order chi connectivity index (χ0) is 34.5. The minimum Gasteiger partial charge on any atom is -1.00 e. The molecule has 49 heavy (non-hydrogen) atoms. The van der Waals surface area contributed by atoms with Gasteiger partial charge in [0.25, 0.3) is 30.1 Å². The van der Waals surface area contributed by atoms with Gasteiger partial charge in [-0.15, -0.1) is 0 Å². The number of carbonyl (C=O) groups is 5. The van der Waals surface area contributed by atoms with Gasteiger partial charge >= 0.3 is 103 Å². The van der Waals surface area contributed by atoms with E-state index in [0.717, 1.165) is 22.6 Å². The Balaban J connectivity index is 0.000000710. The molecular formula is C35H35K2N3O9. The van der Waals surface area contributed by atoms with Gasteiger partial charge in [0.15, 0.2) is 0 Å². The second-order valence-corrected chi connectivity index (χ2v) is 10.1. The molecule has 3 N–H and O–H groups in total. The summed E-state index contributed by atoms with van der Waals surface area (Å²) in [6, 6.07) is 28.6. The van der Waals surface area contributed by atoms with Crippen molar-refractivity contribution in [3.8, 4) is 11.5 Å². The van der Waals surface area contributed by atoms with Gasteiger partial charge in [-0.2, -0.15) is 0 Å². The maximum Gasteiger partial charge on any atom is 1.00 e. The number of fused-ring (bicyclic) bond motifs is 2. The number of hydrogen-bond donors (Lipinski definition) is 2. The zero-order valence-electron chi connectivity index (χ0n) is 29.2. The molecule has 246 valence electrons. The Hall–Kier alpha value is -2.58. The molecular weight excluding hydrogens is 685 g/mol. The number of hydrogen-bond acceptors (Lipinski definition) is 10. The second-order valence-electron chi connectivity index (χ2n) is 10.1. The fourth-order valence-electron chi connectivity index (χ4n) is 4.62. The minimum absolute atomic E-state index is 0. The van der Waals surface area contributed by atoms with Gasteiger partial charge < -0.3 is 26.8 Å². The molecule has 0 saturated carbocycles. The Morgan fingerprint density at radius 2 is 1.02 bits per heavy atom. The van der Waals surface area contributed by atoms with Crippen molar-refractivity contribution in [3.63, 3.8) is 0 Å². The Morgan fingerprint density at radius 3 is 1.35 bits per heavy atom. The summed E-state index contributed by atoms with van der Waals surface area (Å²) in [5, 5.41) is 10.6. The first-order valence-corrected chi connectivity index (χ1v) is 14.2. The largest absolute Gasteiger partial charge is 1.00 e. The van der Waals surface area contributed by atoms with Gasteiger partial charge in [0.05, 0.1) is 42.5 Å². The summed E-state index contributed by atoms with van der Waals surface area (Å²) in [6.45, 7) is 3.63. The molecule has 4 aromatic rings. The standard InChI is InChI=1S/C17H15NO3.C9H13NO.C8H5NO2.CH2O3.2K.H/c1-11(12-7-9-13(21-2)10-8-12)18-16(19)14-5-3-4-6-15(14)17(18)20;1-7(10)8-3-5-9(11-2)6-4-8;10-7-5-3-1-2-4-6(5)8(11)9-7;2-1-4-3;;;/h3-11H,1-2H3;3-7H,10H2,1-2H3;1-4H,(H,9,10,11);1,3H;;;/q;;;;2*+1;-1/p-1/t11-;7-;;;;;/m00...../s1. The van der Waals surface area contributed by atoms with E-state index in [-0.39, 0.29) is 146 Å². The van der Waals surface area contributed by atoms with Crippen LogP contribution in [0, 0.1) is 0 Å². The fraction of sp³-hybridized carbons (Fsp3) is 0.171. The smallest absolute Gasteiger partial charge is 1.00 e. The molecule has 0 bridgehead atoms. The van der Waals surface area contributed by atoms with Crippen LogP contribution in [0.15, 0.2) is 97.1 Å². The van der Waals surface area contributed by atoms with Gasteiger partial charge in [-0.05, 0) is 73.5 Å². The molecule has 2 aliphatic heterocycles. The summed E-state index contributed by atoms with van der Waals surface area (Å²) in [7, 11) is 3.25. The summed E-state index contributed by atoms with van der Waals surface area (Å²) >= 11 is 0. The molecule has 0 aromatic heterocycles. The van der Waals surface area contributed by atoms with E-state index >= 15 is 0 Å². The summed E-state index contributed by atoms with van der Waals surface area (Å²) < 4.78 is 10.1. The van der Waals surface area contributed by atoms with E-state index < -0.39 is 0 Å². The number of nitrogens with two attached hydrogens (primary N) is 1. The van der Waals surface area contributed by atoms with Crippen molar-refractivity contribution in [2.75, 3.05) is 14.2 Å². The number of methoxy groups -OCH3 is 2. The summed E-state index contributed by atoms with van der Waals surface area (Å²) in [5.41, 5.74) is 9.58. The number of imide groups is 2. The third kappa shape index (κ3) is 12.0. The van der Waals surface area contributed by atoms with Crippen LogP contribution in [0.5, 0.6) is 11.5 Å². The quantitative estimate of drug-likeness (QED) is 0.0738. The predicted octanol–water partition coefficient (Wildman–Crippen LogP) is -2.11. The number of rotatable bonds is 6. The van der Waals surface area contributed by atoms with Crippen molar-refractivity contribution >= 4 is 30.1 Å². The third-order valence-corrected chi connectivity index (χ3v) is 7.14. The fourth-order valence-corrected chi connectivity index (χ4v) is 4.62. The Labute approximate surface area is 370 Å². The average Bonchev–Trinajstić information content (AvgIpc) is 3.55. The summed E-state index contributed by atoms with van der Waals surface area (Å²) in [6.07, 6.45) is 0. The number of nitrogens with one attached hydrogen (secondary N) is 1. The van der Waals surface area contributed by atoms with Gasteiger partial charge in [-0.3, -0.25) is 34.2 Å². The van der Waals surface area contributed by atoms with Crippen LogP contribution in [0.25, 0.3) is 0 Å². The Morgan fingerprint density at radius 1 is 0.673 bits per heavy atom. The van der Waals surface area contributed by atoms with Gasteiger partial charge in [0.1, 0.15) is 11.5 Å². The van der Waals surface area contributed by atoms with Gasteiger partial charge in [0.2, 0.25) is 0 Å². The van der Waals surface area contributed by atoms with E-state index in [9.17, 15) is 19.2 Å². The van der Waals surface area contributed by atoms with Crippen molar-refractivity contribution in [2.24, 2.45) is 5.73 Å². The van der Waals surface area contributed by atoms with Gasteiger partial charge in [0, 0.05) is 6.04 Å². The normalized spacial score (nSPS) is 13.0.